The molecule has 3 rings (SSSR count). The van der Waals surface area contributed by atoms with Gasteiger partial charge in [0.2, 0.25) is 0 Å². The zero-order chi connectivity index (χ0) is 20.9. The molecule has 4 atom stereocenters. The van der Waals surface area contributed by atoms with Crippen LogP contribution in [0.25, 0.3) is 0 Å². The molecule has 1 aromatic rings. The number of aryl methyl sites for hydroxylation is 1. The highest BCUT2D eigenvalue weighted by atomic mass is 16.6. The van der Waals surface area contributed by atoms with Gasteiger partial charge in [0, 0.05) is 25.4 Å². The van der Waals surface area contributed by atoms with Gasteiger partial charge in [0.25, 0.3) is 0 Å². The van der Waals surface area contributed by atoms with Crippen molar-refractivity contribution in [2.24, 2.45) is 5.92 Å². The van der Waals surface area contributed by atoms with Crippen molar-refractivity contribution >= 4 is 11.9 Å². The fourth-order valence-electron chi connectivity index (χ4n) is 4.47. The summed E-state index contributed by atoms with van der Waals surface area (Å²) in [5.41, 5.74) is 0.132. The Morgan fingerprint density at radius 1 is 1.39 bits per heavy atom. The number of hydrogen-bond donors (Lipinski definition) is 1. The number of likely N-dealkylation sites (tertiary alicyclic amines) is 1. The number of rotatable bonds is 1. The van der Waals surface area contributed by atoms with Crippen LogP contribution in [-0.2, 0) is 4.74 Å². The number of Topliss-reactive ketones (excluding diaryl/α,β-unsaturated/α-hetero) is 1. The topological polar surface area (TPSA) is 76.1 Å². The van der Waals surface area contributed by atoms with Gasteiger partial charge >= 0.3 is 6.09 Å². The molecule has 0 bridgehead atoms. The predicted octanol–water partition coefficient (Wildman–Crippen LogP) is 3.73. The third kappa shape index (κ3) is 3.75. The van der Waals surface area contributed by atoms with Crippen molar-refractivity contribution in [3.63, 3.8) is 0 Å². The van der Waals surface area contributed by atoms with Crippen molar-refractivity contribution in [1.82, 2.24) is 4.90 Å². The molecule has 2 aliphatic heterocycles. The van der Waals surface area contributed by atoms with E-state index in [1.165, 1.54) is 0 Å². The summed E-state index contributed by atoms with van der Waals surface area (Å²) >= 11 is 0. The number of ether oxygens (including phenoxy) is 2. The minimum atomic E-state index is -0.845. The van der Waals surface area contributed by atoms with E-state index in [1.807, 2.05) is 46.8 Å². The summed E-state index contributed by atoms with van der Waals surface area (Å²) < 4.78 is 11.9. The van der Waals surface area contributed by atoms with Gasteiger partial charge < -0.3 is 19.5 Å². The first-order valence-corrected chi connectivity index (χ1v) is 9.95. The third-order valence-electron chi connectivity index (χ3n) is 5.62. The first-order valence-electron chi connectivity index (χ1n) is 9.95. The van der Waals surface area contributed by atoms with E-state index in [0.29, 0.717) is 30.7 Å². The Kier molecular flexibility index (Phi) is 5.21. The molecule has 1 N–H and O–H groups in total. The summed E-state index contributed by atoms with van der Waals surface area (Å²) in [7, 11) is 0. The summed E-state index contributed by atoms with van der Waals surface area (Å²) in [6.45, 7) is 11.5. The highest BCUT2D eigenvalue weighted by molar-refractivity contribution is 6.02. The van der Waals surface area contributed by atoms with Gasteiger partial charge in [-0.25, -0.2) is 4.79 Å². The molecule has 0 aliphatic carbocycles. The van der Waals surface area contributed by atoms with Crippen LogP contribution < -0.4 is 4.74 Å². The van der Waals surface area contributed by atoms with Crippen LogP contribution >= 0.6 is 0 Å². The molecule has 1 aromatic carbocycles. The van der Waals surface area contributed by atoms with Gasteiger partial charge in [-0.15, -0.1) is 0 Å². The van der Waals surface area contributed by atoms with E-state index in [1.54, 1.807) is 17.9 Å². The molecular formula is C22H31NO5. The molecule has 2 unspecified atom stereocenters. The lowest BCUT2D eigenvalue weighted by Gasteiger charge is -2.51. The van der Waals surface area contributed by atoms with Crippen LogP contribution in [0.2, 0.25) is 0 Å². The number of aliphatic hydroxyl groups excluding tert-OH is 1. The summed E-state index contributed by atoms with van der Waals surface area (Å²) in [6, 6.07) is 5.35. The van der Waals surface area contributed by atoms with Crippen molar-refractivity contribution in [3.8, 4) is 5.75 Å². The Morgan fingerprint density at radius 2 is 2.07 bits per heavy atom. The number of fused-ring (bicyclic) bond motifs is 1. The number of amides is 1. The van der Waals surface area contributed by atoms with Crippen LogP contribution in [0.3, 0.4) is 0 Å². The van der Waals surface area contributed by atoms with E-state index < -0.39 is 23.2 Å². The number of piperidine rings is 1. The van der Waals surface area contributed by atoms with E-state index in [2.05, 4.69) is 0 Å². The van der Waals surface area contributed by atoms with Crippen LogP contribution in [0, 0.1) is 12.8 Å². The number of nitrogens with zero attached hydrogens (tertiary/aromatic N) is 1. The Labute approximate surface area is 166 Å². The van der Waals surface area contributed by atoms with Crippen molar-refractivity contribution in [1.29, 1.82) is 0 Å². The number of carbonyl (C=O) groups is 2. The molecule has 1 amide bonds. The molecule has 2 aliphatic rings. The molecule has 28 heavy (non-hydrogen) atoms. The molecular weight excluding hydrogens is 358 g/mol. The minimum Gasteiger partial charge on any atom is -0.485 e. The van der Waals surface area contributed by atoms with Gasteiger partial charge in [-0.2, -0.15) is 0 Å². The third-order valence-corrected chi connectivity index (χ3v) is 5.62. The SMILES string of the molecule is Cc1ccc2c(c1)O[C@@]1(CCN(C(=O)OC(C)(C)C)[C@@H](C)C1)C(C(C)O)C2=O. The van der Waals surface area contributed by atoms with Crippen LogP contribution in [0.5, 0.6) is 5.75 Å². The van der Waals surface area contributed by atoms with Gasteiger partial charge in [-0.1, -0.05) is 6.07 Å². The monoisotopic (exact) mass is 389 g/mol. The van der Waals surface area contributed by atoms with E-state index >= 15 is 0 Å². The van der Waals surface area contributed by atoms with Crippen LogP contribution in [-0.4, -0.2) is 51.8 Å². The predicted molar refractivity (Wildman–Crippen MR) is 106 cm³/mol. The summed E-state index contributed by atoms with van der Waals surface area (Å²) in [5, 5.41) is 10.5. The molecule has 0 radical (unpaired) electrons. The molecule has 2 heterocycles. The molecule has 1 spiro atoms. The van der Waals surface area contributed by atoms with E-state index in [9.17, 15) is 14.7 Å². The molecule has 0 aromatic heterocycles. The Morgan fingerprint density at radius 3 is 2.64 bits per heavy atom. The average Bonchev–Trinajstić information content (AvgIpc) is 2.52. The second kappa shape index (κ2) is 7.07. The lowest BCUT2D eigenvalue weighted by Crippen LogP contribution is -2.62. The zero-order valence-corrected chi connectivity index (χ0v) is 17.6. The van der Waals surface area contributed by atoms with Crippen molar-refractivity contribution < 1.29 is 24.2 Å². The van der Waals surface area contributed by atoms with Crippen LogP contribution in [0.1, 0.15) is 63.4 Å². The van der Waals surface area contributed by atoms with Gasteiger partial charge in [0.15, 0.2) is 5.78 Å². The van der Waals surface area contributed by atoms with Gasteiger partial charge in [0.05, 0.1) is 17.6 Å². The molecule has 6 heteroatoms. The van der Waals surface area contributed by atoms with E-state index in [4.69, 9.17) is 9.47 Å². The van der Waals surface area contributed by atoms with E-state index in [-0.39, 0.29) is 17.9 Å². The quantitative estimate of drug-likeness (QED) is 0.792. The molecule has 0 saturated carbocycles. The number of hydrogen-bond acceptors (Lipinski definition) is 5. The fourth-order valence-corrected chi connectivity index (χ4v) is 4.47. The minimum absolute atomic E-state index is 0.0887. The first kappa shape index (κ1) is 20.6. The number of ketones is 1. The highest BCUT2D eigenvalue weighted by Crippen LogP contribution is 2.46. The maximum Gasteiger partial charge on any atom is 0.410 e. The maximum atomic E-state index is 13.2. The number of carbonyl (C=O) groups excluding carboxylic acids is 2. The Balaban J connectivity index is 1.90. The summed E-state index contributed by atoms with van der Waals surface area (Å²) in [5.74, 6) is -0.181. The Bertz CT molecular complexity index is 782. The smallest absolute Gasteiger partial charge is 0.410 e. The van der Waals surface area contributed by atoms with Crippen molar-refractivity contribution in [3.05, 3.63) is 29.3 Å². The lowest BCUT2D eigenvalue weighted by atomic mass is 9.69. The molecule has 1 saturated heterocycles. The molecule has 6 nitrogen and oxygen atoms in total. The van der Waals surface area contributed by atoms with Gasteiger partial charge in [-0.05, 0) is 59.2 Å². The fraction of sp³-hybridized carbons (Fsp3) is 0.636. The van der Waals surface area contributed by atoms with Crippen molar-refractivity contribution in [2.75, 3.05) is 6.54 Å². The molecule has 1 fully saturated rings. The average molecular weight is 389 g/mol. The largest absolute Gasteiger partial charge is 0.485 e. The van der Waals surface area contributed by atoms with Crippen LogP contribution in [0.15, 0.2) is 18.2 Å². The highest BCUT2D eigenvalue weighted by Gasteiger charge is 2.55. The summed E-state index contributed by atoms with van der Waals surface area (Å²) in [4.78, 5) is 27.5. The lowest BCUT2D eigenvalue weighted by molar-refractivity contribution is -0.0889. The van der Waals surface area contributed by atoms with Crippen LogP contribution in [0.4, 0.5) is 4.79 Å². The standard InChI is InChI=1S/C22H31NO5/c1-13-7-8-16-17(11-13)27-22(18(15(3)24)19(16)25)9-10-23(14(2)12-22)20(26)28-21(4,5)6/h7-8,11,14-15,18,24H,9-10,12H2,1-6H3/t14-,15?,18?,22+/m0/s1. The maximum absolute atomic E-state index is 13.2. The Hall–Kier alpha value is -2.08. The van der Waals surface area contributed by atoms with Crippen molar-refractivity contribution in [2.45, 2.75) is 77.7 Å². The summed E-state index contributed by atoms with van der Waals surface area (Å²) in [6.07, 6.45) is -0.282. The second-order valence-corrected chi connectivity index (χ2v) is 9.23. The number of aliphatic hydroxyl groups is 1. The second-order valence-electron chi connectivity index (χ2n) is 9.23. The zero-order valence-electron chi connectivity index (χ0n) is 17.6. The van der Waals surface area contributed by atoms with E-state index in [0.717, 1.165) is 5.56 Å². The first-order chi connectivity index (χ1) is 12.9. The van der Waals surface area contributed by atoms with Gasteiger partial charge in [0.1, 0.15) is 17.0 Å². The van der Waals surface area contributed by atoms with Gasteiger partial charge in [-0.3, -0.25) is 4.79 Å². The number of benzene rings is 1. The molecule has 154 valence electrons. The normalized spacial score (nSPS) is 28.5.